The number of fused-ring (bicyclic) bond motifs is 1. The fourth-order valence-electron chi connectivity index (χ4n) is 2.16. The fourth-order valence-corrected chi connectivity index (χ4v) is 2.16. The summed E-state index contributed by atoms with van der Waals surface area (Å²) in [4.78, 5) is 6.64. The normalized spacial score (nSPS) is 18.0. The number of imidazole rings is 1. The van der Waals surface area contributed by atoms with E-state index >= 15 is 0 Å². The first kappa shape index (κ1) is 10.5. The third-order valence-electron chi connectivity index (χ3n) is 3.22. The van der Waals surface area contributed by atoms with Gasteiger partial charge in [0.25, 0.3) is 0 Å². The van der Waals surface area contributed by atoms with Crippen LogP contribution in [-0.2, 0) is 13.1 Å². The molecular formula is C11H15N5O. The summed E-state index contributed by atoms with van der Waals surface area (Å²) in [7, 11) is 0. The SMILES string of the molecule is Cc1nnc([C@H](C)N2CCn3ccnc3C2)o1. The molecule has 0 bridgehead atoms. The van der Waals surface area contributed by atoms with Crippen molar-refractivity contribution in [2.75, 3.05) is 6.54 Å². The van der Waals surface area contributed by atoms with Crippen molar-refractivity contribution in [2.45, 2.75) is 33.0 Å². The third kappa shape index (κ3) is 1.84. The van der Waals surface area contributed by atoms with E-state index in [1.54, 1.807) is 0 Å². The lowest BCUT2D eigenvalue weighted by Crippen LogP contribution is -2.35. The molecule has 0 fully saturated rings. The lowest BCUT2D eigenvalue weighted by atomic mass is 10.2. The van der Waals surface area contributed by atoms with Gasteiger partial charge in [0.1, 0.15) is 5.82 Å². The quantitative estimate of drug-likeness (QED) is 0.778. The Labute approximate surface area is 99.3 Å². The molecule has 0 saturated heterocycles. The van der Waals surface area contributed by atoms with Gasteiger partial charge in [-0.3, -0.25) is 4.90 Å². The molecule has 0 aromatic carbocycles. The zero-order valence-corrected chi connectivity index (χ0v) is 10.00. The van der Waals surface area contributed by atoms with Crippen LogP contribution in [0.15, 0.2) is 16.8 Å². The van der Waals surface area contributed by atoms with Gasteiger partial charge in [-0.05, 0) is 6.92 Å². The molecule has 3 rings (SSSR count). The van der Waals surface area contributed by atoms with Crippen molar-refractivity contribution < 1.29 is 4.42 Å². The van der Waals surface area contributed by atoms with E-state index in [1.165, 1.54) is 0 Å². The monoisotopic (exact) mass is 233 g/mol. The fraction of sp³-hybridized carbons (Fsp3) is 0.545. The van der Waals surface area contributed by atoms with Gasteiger partial charge in [-0.25, -0.2) is 4.98 Å². The molecule has 1 aliphatic rings. The number of aromatic nitrogens is 4. The maximum atomic E-state index is 5.48. The van der Waals surface area contributed by atoms with Crippen LogP contribution in [-0.4, -0.2) is 31.2 Å². The summed E-state index contributed by atoms with van der Waals surface area (Å²) < 4.78 is 7.66. The van der Waals surface area contributed by atoms with Crippen molar-refractivity contribution >= 4 is 0 Å². The summed E-state index contributed by atoms with van der Waals surface area (Å²) >= 11 is 0. The highest BCUT2D eigenvalue weighted by molar-refractivity contribution is 4.98. The van der Waals surface area contributed by atoms with Gasteiger partial charge in [0.2, 0.25) is 11.8 Å². The standard InChI is InChI=1S/C11H15N5O/c1-8(11-14-13-9(2)17-11)16-6-5-15-4-3-12-10(15)7-16/h3-4,8H,5-7H2,1-2H3/t8-/m0/s1. The molecule has 6 heteroatoms. The number of rotatable bonds is 2. The number of hydrogen-bond donors (Lipinski definition) is 0. The number of hydrogen-bond acceptors (Lipinski definition) is 5. The molecule has 0 N–H and O–H groups in total. The van der Waals surface area contributed by atoms with Crippen LogP contribution in [0.25, 0.3) is 0 Å². The second-order valence-electron chi connectivity index (χ2n) is 4.34. The lowest BCUT2D eigenvalue weighted by Gasteiger charge is -2.30. The molecule has 0 unspecified atom stereocenters. The minimum atomic E-state index is 0.140. The molecule has 0 amide bonds. The Morgan fingerprint density at radius 3 is 3.00 bits per heavy atom. The van der Waals surface area contributed by atoms with E-state index in [1.807, 2.05) is 19.3 Å². The smallest absolute Gasteiger partial charge is 0.233 e. The summed E-state index contributed by atoms with van der Waals surface area (Å²) in [5, 5.41) is 7.95. The van der Waals surface area contributed by atoms with Crippen molar-refractivity contribution in [3.05, 3.63) is 30.0 Å². The second-order valence-corrected chi connectivity index (χ2v) is 4.34. The van der Waals surface area contributed by atoms with Crippen LogP contribution in [0.4, 0.5) is 0 Å². The highest BCUT2D eigenvalue weighted by Crippen LogP contribution is 2.23. The number of aryl methyl sites for hydroxylation is 1. The van der Waals surface area contributed by atoms with Crippen LogP contribution in [0.3, 0.4) is 0 Å². The predicted octanol–water partition coefficient (Wildman–Crippen LogP) is 1.15. The van der Waals surface area contributed by atoms with Crippen LogP contribution in [0.1, 0.15) is 30.6 Å². The third-order valence-corrected chi connectivity index (χ3v) is 3.22. The van der Waals surface area contributed by atoms with Crippen LogP contribution in [0.2, 0.25) is 0 Å². The van der Waals surface area contributed by atoms with Crippen LogP contribution in [0.5, 0.6) is 0 Å². The molecule has 2 aromatic heterocycles. The molecule has 0 saturated carbocycles. The molecule has 0 radical (unpaired) electrons. The molecule has 1 atom stereocenters. The van der Waals surface area contributed by atoms with Gasteiger partial charge < -0.3 is 8.98 Å². The molecule has 0 spiro atoms. The molecule has 2 aromatic rings. The van der Waals surface area contributed by atoms with Crippen LogP contribution < -0.4 is 0 Å². The minimum absolute atomic E-state index is 0.140. The van der Waals surface area contributed by atoms with Crippen LogP contribution >= 0.6 is 0 Å². The Morgan fingerprint density at radius 1 is 1.35 bits per heavy atom. The average Bonchev–Trinajstić information content (AvgIpc) is 2.95. The number of nitrogens with zero attached hydrogens (tertiary/aromatic N) is 5. The molecule has 0 aliphatic carbocycles. The molecule has 1 aliphatic heterocycles. The van der Waals surface area contributed by atoms with Crippen molar-refractivity contribution in [2.24, 2.45) is 0 Å². The summed E-state index contributed by atoms with van der Waals surface area (Å²) in [5.41, 5.74) is 0. The Balaban J connectivity index is 1.78. The zero-order chi connectivity index (χ0) is 11.8. The first-order valence-electron chi connectivity index (χ1n) is 5.78. The summed E-state index contributed by atoms with van der Waals surface area (Å²) in [6.07, 6.45) is 3.87. The molecule has 3 heterocycles. The highest BCUT2D eigenvalue weighted by atomic mass is 16.4. The Bertz CT molecular complexity index is 517. The zero-order valence-electron chi connectivity index (χ0n) is 10.00. The topological polar surface area (TPSA) is 60.0 Å². The summed E-state index contributed by atoms with van der Waals surface area (Å²) in [6.45, 7) is 6.67. The van der Waals surface area contributed by atoms with E-state index in [4.69, 9.17) is 4.42 Å². The van der Waals surface area contributed by atoms with Crippen molar-refractivity contribution in [1.29, 1.82) is 0 Å². The maximum absolute atomic E-state index is 5.48. The Morgan fingerprint density at radius 2 is 2.24 bits per heavy atom. The highest BCUT2D eigenvalue weighted by Gasteiger charge is 2.25. The van der Waals surface area contributed by atoms with E-state index in [0.717, 1.165) is 25.5 Å². The van der Waals surface area contributed by atoms with Gasteiger partial charge in [-0.1, -0.05) is 0 Å². The predicted molar refractivity (Wildman–Crippen MR) is 60.1 cm³/mol. The van der Waals surface area contributed by atoms with E-state index in [9.17, 15) is 0 Å². The van der Waals surface area contributed by atoms with Gasteiger partial charge >= 0.3 is 0 Å². The second kappa shape index (κ2) is 3.96. The first-order valence-corrected chi connectivity index (χ1v) is 5.78. The maximum Gasteiger partial charge on any atom is 0.233 e. The average molecular weight is 233 g/mol. The van der Waals surface area contributed by atoms with E-state index in [0.29, 0.717) is 11.8 Å². The largest absolute Gasteiger partial charge is 0.424 e. The van der Waals surface area contributed by atoms with Gasteiger partial charge in [0.15, 0.2) is 0 Å². The molecule has 17 heavy (non-hydrogen) atoms. The van der Waals surface area contributed by atoms with Crippen molar-refractivity contribution in [3.8, 4) is 0 Å². The van der Waals surface area contributed by atoms with Gasteiger partial charge in [0.05, 0.1) is 12.6 Å². The van der Waals surface area contributed by atoms with Gasteiger partial charge in [-0.15, -0.1) is 10.2 Å². The van der Waals surface area contributed by atoms with Crippen LogP contribution in [0, 0.1) is 6.92 Å². The van der Waals surface area contributed by atoms with Gasteiger partial charge in [0, 0.05) is 32.4 Å². The van der Waals surface area contributed by atoms with Crippen molar-refractivity contribution in [1.82, 2.24) is 24.6 Å². The van der Waals surface area contributed by atoms with Crippen molar-refractivity contribution in [3.63, 3.8) is 0 Å². The molecule has 6 nitrogen and oxygen atoms in total. The molecule has 90 valence electrons. The summed E-state index contributed by atoms with van der Waals surface area (Å²) in [5.74, 6) is 2.40. The molecular weight excluding hydrogens is 218 g/mol. The van der Waals surface area contributed by atoms with E-state index in [-0.39, 0.29) is 6.04 Å². The van der Waals surface area contributed by atoms with E-state index in [2.05, 4.69) is 31.6 Å². The first-order chi connectivity index (χ1) is 8.24. The van der Waals surface area contributed by atoms with E-state index < -0.39 is 0 Å². The van der Waals surface area contributed by atoms with Gasteiger partial charge in [-0.2, -0.15) is 0 Å². The Kier molecular flexibility index (Phi) is 2.44. The Hall–Kier alpha value is -1.69. The lowest BCUT2D eigenvalue weighted by molar-refractivity contribution is 0.141. The minimum Gasteiger partial charge on any atom is -0.424 e. The summed E-state index contributed by atoms with van der Waals surface area (Å²) in [6, 6.07) is 0.140.